The van der Waals surface area contributed by atoms with Gasteiger partial charge in [0.2, 0.25) is 5.91 Å². The first-order valence-electron chi connectivity index (χ1n) is 9.65. The summed E-state index contributed by atoms with van der Waals surface area (Å²) in [4.78, 5) is 25.2. The molecule has 3 rings (SSSR count). The zero-order valence-corrected chi connectivity index (χ0v) is 17.5. The molecule has 0 radical (unpaired) electrons. The van der Waals surface area contributed by atoms with Gasteiger partial charge in [-0.2, -0.15) is 13.2 Å². The molecule has 1 aromatic rings. The zero-order chi connectivity index (χ0) is 22.1. The van der Waals surface area contributed by atoms with Crippen molar-refractivity contribution >= 4 is 23.2 Å². The molecule has 7 nitrogen and oxygen atoms in total. The van der Waals surface area contributed by atoms with Gasteiger partial charge in [-0.3, -0.25) is 4.79 Å². The van der Waals surface area contributed by atoms with Crippen LogP contribution in [0.1, 0.15) is 17.7 Å². The molecule has 170 valence electrons. The molecule has 0 unspecified atom stereocenters. The van der Waals surface area contributed by atoms with Crippen molar-refractivity contribution in [1.82, 2.24) is 10.2 Å². The number of aliphatic carboxylic acids is 1. The van der Waals surface area contributed by atoms with Gasteiger partial charge in [0.25, 0.3) is 0 Å². The fraction of sp³-hybridized carbons (Fsp3) is 0.684. The number of rotatable bonds is 6. The SMILES string of the molecule is COCCN1CC[C@H]2OCC[C@@H](C(=O)NCc3cccs3)[C@H]2C1.O=C(O)C(F)(F)F. The van der Waals surface area contributed by atoms with Crippen LogP contribution >= 0.6 is 11.3 Å². The summed E-state index contributed by atoms with van der Waals surface area (Å²) in [7, 11) is 1.73. The first kappa shape index (κ1) is 24.6. The van der Waals surface area contributed by atoms with E-state index >= 15 is 0 Å². The standard InChI is InChI=1S/C17H26N2O3S.C2HF3O2/c1-21-9-7-19-6-4-16-15(12-19)14(5-8-22-16)17(20)18-11-13-3-2-10-23-13;3-2(4,5)1(6)7/h2-3,10,14-16H,4-9,11-12H2,1H3,(H,18,20);(H,6,7)/t14-,15-,16-;/m1./s1. The molecule has 2 aliphatic rings. The van der Waals surface area contributed by atoms with Crippen molar-refractivity contribution in [2.24, 2.45) is 11.8 Å². The Balaban J connectivity index is 0.000000396. The van der Waals surface area contributed by atoms with Gasteiger partial charge in [0.15, 0.2) is 0 Å². The third-order valence-electron chi connectivity index (χ3n) is 5.16. The maximum Gasteiger partial charge on any atom is 0.490 e. The Hall–Kier alpha value is -1.69. The molecule has 2 saturated heterocycles. The number of alkyl halides is 3. The van der Waals surface area contributed by atoms with Gasteiger partial charge in [0.1, 0.15) is 0 Å². The Morgan fingerprint density at radius 3 is 2.73 bits per heavy atom. The minimum atomic E-state index is -5.08. The number of carboxylic acids is 1. The highest BCUT2D eigenvalue weighted by Crippen LogP contribution is 2.33. The summed E-state index contributed by atoms with van der Waals surface area (Å²) in [6.07, 6.45) is -3.00. The van der Waals surface area contributed by atoms with Crippen LogP contribution in [0, 0.1) is 11.8 Å². The van der Waals surface area contributed by atoms with Crippen molar-refractivity contribution < 1.29 is 37.3 Å². The van der Waals surface area contributed by atoms with Crippen molar-refractivity contribution in [3.8, 4) is 0 Å². The van der Waals surface area contributed by atoms with E-state index in [2.05, 4.69) is 16.3 Å². The predicted octanol–water partition coefficient (Wildman–Crippen LogP) is 2.37. The van der Waals surface area contributed by atoms with E-state index in [0.717, 1.165) is 39.1 Å². The van der Waals surface area contributed by atoms with Crippen LogP contribution in [0.25, 0.3) is 0 Å². The maximum atomic E-state index is 12.7. The average molecular weight is 452 g/mol. The minimum Gasteiger partial charge on any atom is -0.475 e. The second-order valence-corrected chi connectivity index (χ2v) is 8.18. The third kappa shape index (κ3) is 7.53. The molecule has 0 bridgehead atoms. The number of nitrogens with zero attached hydrogens (tertiary/aromatic N) is 1. The predicted molar refractivity (Wildman–Crippen MR) is 104 cm³/mol. The number of carbonyl (C=O) groups is 2. The summed E-state index contributed by atoms with van der Waals surface area (Å²) in [5.41, 5.74) is 0. The van der Waals surface area contributed by atoms with Gasteiger partial charge in [-0.1, -0.05) is 6.07 Å². The van der Waals surface area contributed by atoms with Crippen LogP contribution < -0.4 is 5.32 Å². The molecule has 2 fully saturated rings. The highest BCUT2D eigenvalue weighted by atomic mass is 32.1. The first-order chi connectivity index (χ1) is 14.2. The average Bonchev–Trinajstić information content (AvgIpc) is 3.23. The number of likely N-dealkylation sites (tertiary alicyclic amines) is 1. The Kier molecular flexibility index (Phi) is 9.53. The lowest BCUT2D eigenvalue weighted by atomic mass is 9.79. The Labute approximate surface area is 177 Å². The summed E-state index contributed by atoms with van der Waals surface area (Å²) < 4.78 is 42.8. The molecule has 11 heteroatoms. The number of carboxylic acid groups (broad SMARTS) is 1. The molecule has 30 heavy (non-hydrogen) atoms. The van der Waals surface area contributed by atoms with Crippen molar-refractivity contribution in [3.05, 3.63) is 22.4 Å². The number of nitrogens with one attached hydrogen (secondary N) is 1. The lowest BCUT2D eigenvalue weighted by molar-refractivity contribution is -0.192. The summed E-state index contributed by atoms with van der Waals surface area (Å²) in [6.45, 7) is 4.99. The molecule has 2 N–H and O–H groups in total. The van der Waals surface area contributed by atoms with Crippen LogP contribution in [-0.2, 0) is 25.6 Å². The van der Waals surface area contributed by atoms with Crippen LogP contribution in [0.15, 0.2) is 17.5 Å². The molecule has 0 aromatic carbocycles. The zero-order valence-electron chi connectivity index (χ0n) is 16.7. The second kappa shape index (κ2) is 11.6. The van der Waals surface area contributed by atoms with E-state index in [-0.39, 0.29) is 17.9 Å². The van der Waals surface area contributed by atoms with Crippen LogP contribution in [-0.4, -0.2) is 74.1 Å². The first-order valence-corrected chi connectivity index (χ1v) is 10.5. The third-order valence-corrected chi connectivity index (χ3v) is 6.04. The topological polar surface area (TPSA) is 88.1 Å². The summed E-state index contributed by atoms with van der Waals surface area (Å²) in [5, 5.41) is 12.3. The molecule has 0 aliphatic carbocycles. The van der Waals surface area contributed by atoms with Gasteiger partial charge < -0.3 is 24.8 Å². The number of fused-ring (bicyclic) bond motifs is 1. The summed E-state index contributed by atoms with van der Waals surface area (Å²) >= 11 is 1.68. The van der Waals surface area contributed by atoms with Crippen LogP contribution in [0.3, 0.4) is 0 Å². The van der Waals surface area contributed by atoms with Crippen molar-refractivity contribution in [2.75, 3.05) is 40.0 Å². The van der Waals surface area contributed by atoms with Gasteiger partial charge in [0.05, 0.1) is 19.3 Å². The fourth-order valence-corrected chi connectivity index (χ4v) is 4.30. The molecule has 0 saturated carbocycles. The molecule has 1 amide bonds. The van der Waals surface area contributed by atoms with E-state index in [0.29, 0.717) is 19.1 Å². The normalized spacial score (nSPS) is 24.3. The van der Waals surface area contributed by atoms with E-state index in [9.17, 15) is 18.0 Å². The monoisotopic (exact) mass is 452 g/mol. The molecule has 1 aromatic heterocycles. The molecule has 3 heterocycles. The van der Waals surface area contributed by atoms with Crippen LogP contribution in [0.2, 0.25) is 0 Å². The largest absolute Gasteiger partial charge is 0.490 e. The molecular formula is C19H27F3N2O5S. The van der Waals surface area contributed by atoms with Crippen molar-refractivity contribution in [3.63, 3.8) is 0 Å². The van der Waals surface area contributed by atoms with E-state index < -0.39 is 12.1 Å². The highest BCUT2D eigenvalue weighted by Gasteiger charge is 2.41. The number of amides is 1. The molecule has 2 aliphatic heterocycles. The summed E-state index contributed by atoms with van der Waals surface area (Å²) in [6, 6.07) is 4.08. The number of carbonyl (C=O) groups excluding carboxylic acids is 1. The summed E-state index contributed by atoms with van der Waals surface area (Å²) in [5.74, 6) is -2.20. The van der Waals surface area contributed by atoms with E-state index in [4.69, 9.17) is 19.4 Å². The maximum absolute atomic E-state index is 12.7. The van der Waals surface area contributed by atoms with E-state index in [1.165, 1.54) is 4.88 Å². The van der Waals surface area contributed by atoms with E-state index in [1.54, 1.807) is 18.4 Å². The Bertz CT molecular complexity index is 672. The fourth-order valence-electron chi connectivity index (χ4n) is 3.65. The number of ether oxygens (including phenoxy) is 2. The van der Waals surface area contributed by atoms with E-state index in [1.807, 2.05) is 11.4 Å². The number of hydrogen-bond acceptors (Lipinski definition) is 6. The van der Waals surface area contributed by atoms with Gasteiger partial charge in [-0.25, -0.2) is 4.79 Å². The molecular weight excluding hydrogens is 425 g/mol. The number of thiophene rings is 1. The molecule has 0 spiro atoms. The minimum absolute atomic E-state index is 0.0686. The Morgan fingerprint density at radius 2 is 2.13 bits per heavy atom. The molecule has 3 atom stereocenters. The lowest BCUT2D eigenvalue weighted by Gasteiger charge is -2.44. The number of hydrogen-bond donors (Lipinski definition) is 2. The second-order valence-electron chi connectivity index (χ2n) is 7.15. The van der Waals surface area contributed by atoms with Crippen molar-refractivity contribution in [1.29, 1.82) is 0 Å². The van der Waals surface area contributed by atoms with Crippen LogP contribution in [0.5, 0.6) is 0 Å². The van der Waals surface area contributed by atoms with Gasteiger partial charge in [-0.15, -0.1) is 11.3 Å². The highest BCUT2D eigenvalue weighted by molar-refractivity contribution is 7.09. The quantitative estimate of drug-likeness (QED) is 0.689. The number of methoxy groups -OCH3 is 1. The van der Waals surface area contributed by atoms with Crippen molar-refractivity contribution in [2.45, 2.75) is 31.7 Å². The Morgan fingerprint density at radius 1 is 1.40 bits per heavy atom. The number of halogens is 3. The number of piperidine rings is 1. The lowest BCUT2D eigenvalue weighted by Crippen LogP contribution is -2.53. The van der Waals surface area contributed by atoms with Crippen LogP contribution in [0.4, 0.5) is 13.2 Å². The van der Waals surface area contributed by atoms with Gasteiger partial charge in [0, 0.05) is 50.1 Å². The van der Waals surface area contributed by atoms with Gasteiger partial charge in [-0.05, 0) is 24.3 Å². The van der Waals surface area contributed by atoms with Gasteiger partial charge >= 0.3 is 12.1 Å². The smallest absolute Gasteiger partial charge is 0.475 e.